The van der Waals surface area contributed by atoms with Crippen LogP contribution in [0, 0.1) is 12.8 Å². The van der Waals surface area contributed by atoms with E-state index in [4.69, 9.17) is 0 Å². The Bertz CT molecular complexity index is 645. The summed E-state index contributed by atoms with van der Waals surface area (Å²) in [7, 11) is 4.05. The summed E-state index contributed by atoms with van der Waals surface area (Å²) in [5.74, 6) is 0.711. The minimum Gasteiger partial charge on any atom is -0.337 e. The molecular formula is C21H35N5O. The van der Waals surface area contributed by atoms with Crippen LogP contribution in [0.3, 0.4) is 0 Å². The molecule has 1 saturated heterocycles. The van der Waals surface area contributed by atoms with Crippen molar-refractivity contribution >= 4 is 5.91 Å². The zero-order chi connectivity index (χ0) is 19.2. The molecule has 0 radical (unpaired) electrons. The number of aryl methyl sites for hydroxylation is 2. The smallest absolute Gasteiger partial charge is 0.272 e. The van der Waals surface area contributed by atoms with E-state index in [-0.39, 0.29) is 5.91 Å². The quantitative estimate of drug-likeness (QED) is 0.687. The Kier molecular flexibility index (Phi) is 7.07. The lowest BCUT2D eigenvalue weighted by molar-refractivity contribution is 0.0698. The van der Waals surface area contributed by atoms with E-state index < -0.39 is 0 Å². The van der Waals surface area contributed by atoms with Crippen molar-refractivity contribution in [1.82, 2.24) is 24.5 Å². The molecule has 0 N–H and O–H groups in total. The van der Waals surface area contributed by atoms with Crippen molar-refractivity contribution in [1.29, 1.82) is 0 Å². The molecule has 0 spiro atoms. The van der Waals surface area contributed by atoms with E-state index in [1.54, 1.807) is 4.68 Å². The van der Waals surface area contributed by atoms with E-state index in [0.717, 1.165) is 70.8 Å². The Hall–Kier alpha value is -1.66. The number of carbonyl (C=O) groups excluding carboxylic acids is 1. The molecule has 27 heavy (non-hydrogen) atoms. The Balaban J connectivity index is 1.59. The number of hydrogen-bond donors (Lipinski definition) is 0. The first-order valence-corrected chi connectivity index (χ1v) is 10.4. The maximum absolute atomic E-state index is 13.2. The van der Waals surface area contributed by atoms with E-state index in [1.807, 2.05) is 20.0 Å². The topological polar surface area (TPSA) is 44.6 Å². The van der Waals surface area contributed by atoms with Crippen molar-refractivity contribution in [3.05, 3.63) is 29.6 Å². The van der Waals surface area contributed by atoms with Gasteiger partial charge in [0, 0.05) is 46.3 Å². The number of allylic oxidation sites excluding steroid dienone is 2. The predicted molar refractivity (Wildman–Crippen MR) is 109 cm³/mol. The first kappa shape index (κ1) is 20.1. The molecule has 6 heteroatoms. The van der Waals surface area contributed by atoms with Gasteiger partial charge in [0.25, 0.3) is 5.91 Å². The highest BCUT2D eigenvalue weighted by Crippen LogP contribution is 2.20. The van der Waals surface area contributed by atoms with Gasteiger partial charge >= 0.3 is 0 Å². The SMILES string of the molecule is Cc1cc(C(=O)N(CCCN2CCN(C)CC2)C[C@@H]2CC=CCC2)n(C)n1. The third-order valence-corrected chi connectivity index (χ3v) is 5.86. The van der Waals surface area contributed by atoms with Crippen molar-refractivity contribution in [2.45, 2.75) is 32.6 Å². The molecule has 1 fully saturated rings. The van der Waals surface area contributed by atoms with E-state index in [2.05, 4.69) is 39.0 Å². The van der Waals surface area contributed by atoms with E-state index >= 15 is 0 Å². The second-order valence-electron chi connectivity index (χ2n) is 8.19. The van der Waals surface area contributed by atoms with Gasteiger partial charge in [-0.25, -0.2) is 0 Å². The molecule has 0 unspecified atom stereocenters. The first-order chi connectivity index (χ1) is 13.0. The fraction of sp³-hybridized carbons (Fsp3) is 0.714. The Morgan fingerprint density at radius 1 is 1.22 bits per heavy atom. The zero-order valence-corrected chi connectivity index (χ0v) is 17.2. The van der Waals surface area contributed by atoms with Crippen molar-refractivity contribution < 1.29 is 4.79 Å². The molecule has 2 aliphatic rings. The normalized spacial score (nSPS) is 21.5. The molecule has 6 nitrogen and oxygen atoms in total. The minimum absolute atomic E-state index is 0.131. The molecule has 150 valence electrons. The maximum atomic E-state index is 13.2. The molecule has 1 amide bonds. The molecule has 1 aliphatic carbocycles. The summed E-state index contributed by atoms with van der Waals surface area (Å²) < 4.78 is 1.73. The van der Waals surface area contributed by atoms with Gasteiger partial charge < -0.3 is 14.7 Å². The van der Waals surface area contributed by atoms with Gasteiger partial charge in [-0.15, -0.1) is 0 Å². The van der Waals surface area contributed by atoms with Gasteiger partial charge in [-0.2, -0.15) is 5.10 Å². The van der Waals surface area contributed by atoms with Crippen molar-refractivity contribution in [3.8, 4) is 0 Å². The molecule has 0 saturated carbocycles. The predicted octanol–water partition coefficient (Wildman–Crippen LogP) is 2.16. The van der Waals surface area contributed by atoms with Crippen LogP contribution in [0.5, 0.6) is 0 Å². The van der Waals surface area contributed by atoms with Gasteiger partial charge in [0.05, 0.1) is 5.69 Å². The number of amides is 1. The largest absolute Gasteiger partial charge is 0.337 e. The van der Waals surface area contributed by atoms with Gasteiger partial charge in [0.15, 0.2) is 0 Å². The summed E-state index contributed by atoms with van der Waals surface area (Å²) >= 11 is 0. The summed E-state index contributed by atoms with van der Waals surface area (Å²) in [6, 6.07) is 1.91. The second-order valence-corrected chi connectivity index (χ2v) is 8.19. The van der Waals surface area contributed by atoms with Gasteiger partial charge in [-0.1, -0.05) is 12.2 Å². The molecule has 1 aromatic heterocycles. The van der Waals surface area contributed by atoms with Crippen LogP contribution in [-0.2, 0) is 7.05 Å². The average molecular weight is 374 g/mol. The van der Waals surface area contributed by atoms with E-state index in [9.17, 15) is 4.79 Å². The highest BCUT2D eigenvalue weighted by Gasteiger charge is 2.23. The van der Waals surface area contributed by atoms with Crippen molar-refractivity contribution in [3.63, 3.8) is 0 Å². The highest BCUT2D eigenvalue weighted by atomic mass is 16.2. The number of hydrogen-bond acceptors (Lipinski definition) is 4. The van der Waals surface area contributed by atoms with Crippen LogP contribution >= 0.6 is 0 Å². The number of aromatic nitrogens is 2. The number of rotatable bonds is 7. The number of piperazine rings is 1. The molecule has 2 heterocycles. The fourth-order valence-corrected chi connectivity index (χ4v) is 4.14. The Morgan fingerprint density at radius 2 is 2.00 bits per heavy atom. The molecular weight excluding hydrogens is 338 g/mol. The van der Waals surface area contributed by atoms with Crippen LogP contribution in [0.25, 0.3) is 0 Å². The van der Waals surface area contributed by atoms with E-state index in [1.165, 1.54) is 6.42 Å². The standard InChI is InChI=1S/C21H35N5O/c1-18-16-20(24(3)22-18)21(27)26(17-19-8-5-4-6-9-19)11-7-10-25-14-12-23(2)13-15-25/h4-5,16,19H,6-15,17H2,1-3H3/t19-/m1/s1. The minimum atomic E-state index is 0.131. The fourth-order valence-electron chi connectivity index (χ4n) is 4.14. The summed E-state index contributed by atoms with van der Waals surface area (Å²) in [6.45, 7) is 9.27. The van der Waals surface area contributed by atoms with Gasteiger partial charge in [0.2, 0.25) is 0 Å². The van der Waals surface area contributed by atoms with Crippen LogP contribution in [0.1, 0.15) is 41.9 Å². The third kappa shape index (κ3) is 5.66. The molecule has 3 rings (SSSR count). The lowest BCUT2D eigenvalue weighted by Crippen LogP contribution is -2.45. The van der Waals surface area contributed by atoms with Crippen LogP contribution in [0.15, 0.2) is 18.2 Å². The maximum Gasteiger partial charge on any atom is 0.272 e. The van der Waals surface area contributed by atoms with Crippen LogP contribution < -0.4 is 0 Å². The van der Waals surface area contributed by atoms with E-state index in [0.29, 0.717) is 11.6 Å². The van der Waals surface area contributed by atoms with Crippen LogP contribution in [0.4, 0.5) is 0 Å². The first-order valence-electron chi connectivity index (χ1n) is 10.4. The van der Waals surface area contributed by atoms with Crippen molar-refractivity contribution in [2.75, 3.05) is 52.9 Å². The molecule has 1 atom stereocenters. The van der Waals surface area contributed by atoms with Gasteiger partial charge in [-0.3, -0.25) is 9.48 Å². The molecule has 1 aromatic rings. The summed E-state index contributed by atoms with van der Waals surface area (Å²) in [5.41, 5.74) is 1.61. The second kappa shape index (κ2) is 9.51. The van der Waals surface area contributed by atoms with Crippen molar-refractivity contribution in [2.24, 2.45) is 13.0 Å². The number of carbonyl (C=O) groups is 1. The Labute approximate surface area is 163 Å². The average Bonchev–Trinajstić information content (AvgIpc) is 3.01. The van der Waals surface area contributed by atoms with Crippen LogP contribution in [-0.4, -0.2) is 83.2 Å². The molecule has 0 bridgehead atoms. The summed E-state index contributed by atoms with van der Waals surface area (Å²) in [4.78, 5) is 20.2. The third-order valence-electron chi connectivity index (χ3n) is 5.86. The zero-order valence-electron chi connectivity index (χ0n) is 17.2. The van der Waals surface area contributed by atoms with Gasteiger partial charge in [0.1, 0.15) is 5.69 Å². The van der Waals surface area contributed by atoms with Crippen LogP contribution in [0.2, 0.25) is 0 Å². The summed E-state index contributed by atoms with van der Waals surface area (Å²) in [6.07, 6.45) is 8.99. The number of nitrogens with zero attached hydrogens (tertiary/aromatic N) is 5. The monoisotopic (exact) mass is 373 g/mol. The van der Waals surface area contributed by atoms with Gasteiger partial charge in [-0.05, 0) is 58.2 Å². The summed E-state index contributed by atoms with van der Waals surface area (Å²) in [5, 5.41) is 4.37. The Morgan fingerprint density at radius 3 is 2.63 bits per heavy atom. The molecule has 1 aliphatic heterocycles. The number of likely N-dealkylation sites (N-methyl/N-ethyl adjacent to an activating group) is 1. The lowest BCUT2D eigenvalue weighted by atomic mass is 9.94. The molecule has 0 aromatic carbocycles. The highest BCUT2D eigenvalue weighted by molar-refractivity contribution is 5.92. The lowest BCUT2D eigenvalue weighted by Gasteiger charge is -2.33.